The first-order valence-corrected chi connectivity index (χ1v) is 6.39. The number of carboxylic acid groups (broad SMARTS) is 1. The van der Waals surface area contributed by atoms with E-state index in [1.165, 1.54) is 0 Å². The molecular weight excluding hydrogens is 234 g/mol. The Kier molecular flexibility index (Phi) is 3.38. The van der Waals surface area contributed by atoms with Crippen LogP contribution in [0, 0.1) is 0 Å². The van der Waals surface area contributed by atoms with Gasteiger partial charge in [-0.2, -0.15) is 0 Å². The number of rotatable bonds is 6. The van der Waals surface area contributed by atoms with Crippen LogP contribution < -0.4 is 0 Å². The minimum atomic E-state index is -1.04. The summed E-state index contributed by atoms with van der Waals surface area (Å²) < 4.78 is 1.58. The normalized spacial score (nSPS) is 15.9. The molecule has 0 spiro atoms. The molecule has 1 aromatic rings. The molecule has 100 valence electrons. The summed E-state index contributed by atoms with van der Waals surface area (Å²) in [6.45, 7) is 4.14. The van der Waals surface area contributed by atoms with Crippen molar-refractivity contribution >= 4 is 5.97 Å². The van der Waals surface area contributed by atoms with Crippen LogP contribution in [0.5, 0.6) is 0 Å². The number of carboxylic acids is 1. The third-order valence-corrected chi connectivity index (χ3v) is 3.70. The molecule has 0 aromatic carbocycles. The molecule has 2 rings (SSSR count). The zero-order valence-corrected chi connectivity index (χ0v) is 10.8. The molecular formula is C12H19N3O3. The van der Waals surface area contributed by atoms with E-state index in [9.17, 15) is 9.90 Å². The molecule has 1 saturated carbocycles. The number of nitrogens with zero attached hydrogens (tertiary/aromatic N) is 3. The molecule has 1 heterocycles. The van der Waals surface area contributed by atoms with Gasteiger partial charge < -0.3 is 10.2 Å². The fourth-order valence-electron chi connectivity index (χ4n) is 2.10. The van der Waals surface area contributed by atoms with E-state index in [1.54, 1.807) is 4.68 Å². The third kappa shape index (κ3) is 2.38. The summed E-state index contributed by atoms with van der Waals surface area (Å²) in [6, 6.07) is 0. The van der Waals surface area contributed by atoms with Crippen molar-refractivity contribution in [3.05, 3.63) is 11.4 Å². The number of aliphatic hydroxyl groups is 1. The lowest BCUT2D eigenvalue weighted by molar-refractivity contribution is 0.0106. The van der Waals surface area contributed by atoms with Gasteiger partial charge >= 0.3 is 5.97 Å². The molecule has 0 radical (unpaired) electrons. The summed E-state index contributed by atoms with van der Waals surface area (Å²) in [6.07, 6.45) is 3.17. The Bertz CT molecular complexity index is 447. The summed E-state index contributed by atoms with van der Waals surface area (Å²) in [7, 11) is 0. The average molecular weight is 253 g/mol. The lowest BCUT2D eigenvalue weighted by Crippen LogP contribution is -2.33. The lowest BCUT2D eigenvalue weighted by atomic mass is 9.97. The van der Waals surface area contributed by atoms with E-state index in [2.05, 4.69) is 10.3 Å². The summed E-state index contributed by atoms with van der Waals surface area (Å²) in [5.41, 5.74) is -0.137. The number of hydrogen-bond acceptors (Lipinski definition) is 4. The van der Waals surface area contributed by atoms with Crippen molar-refractivity contribution in [1.82, 2.24) is 15.0 Å². The minimum Gasteiger partial charge on any atom is -0.476 e. The van der Waals surface area contributed by atoms with Crippen LogP contribution >= 0.6 is 0 Å². The Morgan fingerprint density at radius 2 is 2.06 bits per heavy atom. The number of hydrogen-bond donors (Lipinski definition) is 2. The Morgan fingerprint density at radius 1 is 1.44 bits per heavy atom. The Labute approximate surface area is 106 Å². The van der Waals surface area contributed by atoms with Crippen molar-refractivity contribution in [3.63, 3.8) is 0 Å². The van der Waals surface area contributed by atoms with Crippen LogP contribution in [0.4, 0.5) is 0 Å². The zero-order valence-electron chi connectivity index (χ0n) is 10.8. The molecule has 18 heavy (non-hydrogen) atoms. The van der Waals surface area contributed by atoms with Gasteiger partial charge in [0.2, 0.25) is 0 Å². The first-order chi connectivity index (χ1) is 8.50. The Hall–Kier alpha value is -1.43. The first-order valence-electron chi connectivity index (χ1n) is 6.39. The van der Waals surface area contributed by atoms with E-state index >= 15 is 0 Å². The van der Waals surface area contributed by atoms with E-state index in [0.717, 1.165) is 12.8 Å². The van der Waals surface area contributed by atoms with Crippen LogP contribution in [-0.2, 0) is 6.54 Å². The Morgan fingerprint density at radius 3 is 2.50 bits per heavy atom. The highest BCUT2D eigenvalue weighted by molar-refractivity contribution is 5.86. The highest BCUT2D eigenvalue weighted by Crippen LogP contribution is 2.41. The third-order valence-electron chi connectivity index (χ3n) is 3.70. The van der Waals surface area contributed by atoms with Crippen LogP contribution in [0.25, 0.3) is 0 Å². The van der Waals surface area contributed by atoms with Crippen LogP contribution in [0.1, 0.15) is 61.6 Å². The molecule has 6 heteroatoms. The summed E-state index contributed by atoms with van der Waals surface area (Å²) in [4.78, 5) is 11.1. The summed E-state index contributed by atoms with van der Waals surface area (Å²) in [5.74, 6) is -0.802. The fraction of sp³-hybridized carbons (Fsp3) is 0.750. The first kappa shape index (κ1) is 13.0. The predicted octanol–water partition coefficient (Wildman–Crippen LogP) is 1.40. The molecule has 0 amide bonds. The molecule has 1 aliphatic carbocycles. The van der Waals surface area contributed by atoms with E-state index in [0.29, 0.717) is 25.1 Å². The second-order valence-corrected chi connectivity index (χ2v) is 4.99. The molecule has 1 aliphatic rings. The summed E-state index contributed by atoms with van der Waals surface area (Å²) >= 11 is 0. The monoisotopic (exact) mass is 253 g/mol. The molecule has 0 bridgehead atoms. The maximum Gasteiger partial charge on any atom is 0.358 e. The average Bonchev–Trinajstić information content (AvgIpc) is 3.10. The van der Waals surface area contributed by atoms with Gasteiger partial charge in [-0.3, -0.25) is 0 Å². The topological polar surface area (TPSA) is 88.2 Å². The van der Waals surface area contributed by atoms with Gasteiger partial charge in [-0.15, -0.1) is 5.10 Å². The lowest BCUT2D eigenvalue weighted by Gasteiger charge is -2.25. The number of aromatic carboxylic acids is 1. The van der Waals surface area contributed by atoms with Gasteiger partial charge in [0, 0.05) is 5.92 Å². The maximum absolute atomic E-state index is 11.1. The van der Waals surface area contributed by atoms with Crippen molar-refractivity contribution < 1.29 is 15.0 Å². The van der Waals surface area contributed by atoms with Crippen LogP contribution in [0.2, 0.25) is 0 Å². The van der Waals surface area contributed by atoms with Crippen molar-refractivity contribution in [3.8, 4) is 0 Å². The van der Waals surface area contributed by atoms with Crippen molar-refractivity contribution in [1.29, 1.82) is 0 Å². The van der Waals surface area contributed by atoms with Crippen LogP contribution in [0.15, 0.2) is 0 Å². The van der Waals surface area contributed by atoms with E-state index in [-0.39, 0.29) is 11.6 Å². The van der Waals surface area contributed by atoms with Crippen molar-refractivity contribution in [2.45, 2.75) is 57.6 Å². The van der Waals surface area contributed by atoms with E-state index in [1.807, 2.05) is 13.8 Å². The van der Waals surface area contributed by atoms with Gasteiger partial charge in [-0.25, -0.2) is 9.48 Å². The van der Waals surface area contributed by atoms with Crippen molar-refractivity contribution in [2.24, 2.45) is 0 Å². The fourth-order valence-corrected chi connectivity index (χ4v) is 2.10. The largest absolute Gasteiger partial charge is 0.476 e. The van der Waals surface area contributed by atoms with Crippen LogP contribution in [0.3, 0.4) is 0 Å². The second kappa shape index (κ2) is 4.68. The van der Waals surface area contributed by atoms with Crippen LogP contribution in [-0.4, -0.2) is 36.8 Å². The quantitative estimate of drug-likeness (QED) is 0.800. The minimum absolute atomic E-state index is 0.0343. The van der Waals surface area contributed by atoms with Gasteiger partial charge in [0.1, 0.15) is 0 Å². The van der Waals surface area contributed by atoms with Gasteiger partial charge in [-0.05, 0) is 25.7 Å². The molecule has 6 nitrogen and oxygen atoms in total. The second-order valence-electron chi connectivity index (χ2n) is 4.99. The van der Waals surface area contributed by atoms with Gasteiger partial charge in [0.15, 0.2) is 5.69 Å². The Balaban J connectivity index is 2.30. The highest BCUT2D eigenvalue weighted by Gasteiger charge is 2.35. The molecule has 2 N–H and O–H groups in total. The molecule has 1 fully saturated rings. The molecule has 0 saturated heterocycles. The van der Waals surface area contributed by atoms with E-state index < -0.39 is 11.6 Å². The predicted molar refractivity (Wildman–Crippen MR) is 64.5 cm³/mol. The number of aromatic nitrogens is 3. The number of carbonyl (C=O) groups is 1. The smallest absolute Gasteiger partial charge is 0.358 e. The van der Waals surface area contributed by atoms with Crippen molar-refractivity contribution in [2.75, 3.05) is 0 Å². The molecule has 0 aliphatic heterocycles. The zero-order chi connectivity index (χ0) is 13.3. The molecule has 0 unspecified atom stereocenters. The maximum atomic E-state index is 11.1. The molecule has 1 aromatic heterocycles. The standard InChI is InChI=1S/C12H19N3O3/c1-3-12(18,4-2)7-15-10(8-5-6-8)9(11(16)17)13-14-15/h8,18H,3-7H2,1-2H3,(H,16,17). The van der Waals surface area contributed by atoms with Gasteiger partial charge in [-0.1, -0.05) is 19.1 Å². The highest BCUT2D eigenvalue weighted by atomic mass is 16.4. The van der Waals surface area contributed by atoms with E-state index in [4.69, 9.17) is 5.11 Å². The SMILES string of the molecule is CCC(O)(CC)Cn1nnc(C(=O)O)c1C1CC1. The van der Waals surface area contributed by atoms with Gasteiger partial charge in [0.05, 0.1) is 17.8 Å². The molecule has 0 atom stereocenters. The van der Waals surface area contributed by atoms with Gasteiger partial charge in [0.25, 0.3) is 0 Å². The summed E-state index contributed by atoms with van der Waals surface area (Å²) in [5, 5.41) is 27.0.